The van der Waals surface area contributed by atoms with Crippen molar-refractivity contribution in [2.24, 2.45) is 0 Å². The zero-order chi connectivity index (χ0) is 15.4. The van der Waals surface area contributed by atoms with Crippen LogP contribution >= 0.6 is 11.3 Å². The summed E-state index contributed by atoms with van der Waals surface area (Å²) in [7, 11) is 0. The first kappa shape index (κ1) is 14.3. The number of aromatic nitrogens is 2. The average Bonchev–Trinajstić information content (AvgIpc) is 2.99. The number of halogens is 1. The Morgan fingerprint density at radius 2 is 1.86 bits per heavy atom. The molecule has 0 saturated carbocycles. The topological polar surface area (TPSA) is 54.9 Å². The molecule has 1 aromatic carbocycles. The number of amides is 1. The third kappa shape index (κ3) is 3.53. The van der Waals surface area contributed by atoms with E-state index in [1.807, 2.05) is 12.1 Å². The van der Waals surface area contributed by atoms with Crippen molar-refractivity contribution in [3.63, 3.8) is 0 Å². The Labute approximate surface area is 130 Å². The Morgan fingerprint density at radius 1 is 1.14 bits per heavy atom. The van der Waals surface area contributed by atoms with Crippen LogP contribution in [0.4, 0.5) is 9.39 Å². The molecule has 4 nitrogen and oxygen atoms in total. The number of benzene rings is 1. The van der Waals surface area contributed by atoms with Crippen molar-refractivity contribution in [3.05, 3.63) is 66.4 Å². The molecule has 6 heteroatoms. The van der Waals surface area contributed by atoms with Crippen LogP contribution in [-0.4, -0.2) is 15.9 Å². The third-order valence-corrected chi connectivity index (χ3v) is 3.94. The van der Waals surface area contributed by atoms with E-state index in [2.05, 4.69) is 15.3 Å². The number of rotatable bonds is 4. The zero-order valence-corrected chi connectivity index (χ0v) is 12.3. The molecule has 3 aromatic rings. The van der Waals surface area contributed by atoms with Crippen molar-refractivity contribution in [1.82, 2.24) is 9.97 Å². The molecule has 0 fully saturated rings. The molecule has 22 heavy (non-hydrogen) atoms. The molecule has 2 aromatic heterocycles. The standard InChI is InChI=1S/C16H12FN3OS/c17-13-3-1-11(2-4-13)9-14(21)20-15-10-19-16(22-15)12-5-7-18-8-6-12/h1-8,10H,9H2,(H,20,21). The molecule has 0 spiro atoms. The molecule has 0 aliphatic carbocycles. The van der Waals surface area contributed by atoms with Gasteiger partial charge in [0.2, 0.25) is 5.91 Å². The van der Waals surface area contributed by atoms with E-state index in [4.69, 9.17) is 0 Å². The number of anilines is 1. The molecule has 0 unspecified atom stereocenters. The lowest BCUT2D eigenvalue weighted by Crippen LogP contribution is -2.13. The number of pyridine rings is 1. The predicted molar refractivity (Wildman–Crippen MR) is 84.1 cm³/mol. The first-order valence-electron chi connectivity index (χ1n) is 6.61. The summed E-state index contributed by atoms with van der Waals surface area (Å²) in [5, 5.41) is 4.30. The lowest BCUT2D eigenvalue weighted by molar-refractivity contribution is -0.115. The highest BCUT2D eigenvalue weighted by Crippen LogP contribution is 2.27. The van der Waals surface area contributed by atoms with E-state index < -0.39 is 0 Å². The number of nitrogens with zero attached hydrogens (tertiary/aromatic N) is 2. The first-order valence-corrected chi connectivity index (χ1v) is 7.43. The van der Waals surface area contributed by atoms with Gasteiger partial charge < -0.3 is 5.32 Å². The molecule has 110 valence electrons. The summed E-state index contributed by atoms with van der Waals surface area (Å²) >= 11 is 1.40. The minimum atomic E-state index is -0.311. The Bertz CT molecular complexity index is 772. The SMILES string of the molecule is O=C(Cc1ccc(F)cc1)Nc1cnc(-c2ccncc2)s1. The smallest absolute Gasteiger partial charge is 0.229 e. The fraction of sp³-hybridized carbons (Fsp3) is 0.0625. The second kappa shape index (κ2) is 6.44. The highest BCUT2D eigenvalue weighted by atomic mass is 32.1. The molecule has 0 saturated heterocycles. The fourth-order valence-corrected chi connectivity index (χ4v) is 2.77. The summed E-state index contributed by atoms with van der Waals surface area (Å²) in [5.74, 6) is -0.467. The van der Waals surface area contributed by atoms with Gasteiger partial charge in [0.15, 0.2) is 0 Å². The molecular weight excluding hydrogens is 301 g/mol. The van der Waals surface area contributed by atoms with Crippen molar-refractivity contribution in [2.75, 3.05) is 5.32 Å². The summed E-state index contributed by atoms with van der Waals surface area (Å²) in [6, 6.07) is 9.62. The molecule has 1 N–H and O–H groups in total. The van der Waals surface area contributed by atoms with Gasteiger partial charge in [-0.15, -0.1) is 0 Å². The van der Waals surface area contributed by atoms with Crippen LogP contribution in [0.2, 0.25) is 0 Å². The maximum Gasteiger partial charge on any atom is 0.229 e. The van der Waals surface area contributed by atoms with Crippen molar-refractivity contribution >= 4 is 22.2 Å². The Kier molecular flexibility index (Phi) is 4.20. The van der Waals surface area contributed by atoms with Crippen LogP contribution in [0.5, 0.6) is 0 Å². The average molecular weight is 313 g/mol. The number of nitrogens with one attached hydrogen (secondary N) is 1. The summed E-state index contributed by atoms with van der Waals surface area (Å²) in [4.78, 5) is 20.2. The van der Waals surface area contributed by atoms with Gasteiger partial charge in [-0.1, -0.05) is 23.5 Å². The zero-order valence-electron chi connectivity index (χ0n) is 11.5. The number of thiazole rings is 1. The number of hydrogen-bond acceptors (Lipinski definition) is 4. The third-order valence-electron chi connectivity index (χ3n) is 2.97. The van der Waals surface area contributed by atoms with Crippen LogP contribution < -0.4 is 5.32 Å². The van der Waals surface area contributed by atoms with Gasteiger partial charge in [-0.05, 0) is 29.8 Å². The summed E-state index contributed by atoms with van der Waals surface area (Å²) in [6.07, 6.45) is 5.22. The largest absolute Gasteiger partial charge is 0.316 e. The van der Waals surface area contributed by atoms with Crippen molar-refractivity contribution in [3.8, 4) is 10.6 Å². The normalized spacial score (nSPS) is 10.4. The molecule has 0 bridgehead atoms. The van der Waals surface area contributed by atoms with Gasteiger partial charge in [0.05, 0.1) is 12.6 Å². The van der Waals surface area contributed by atoms with Gasteiger partial charge in [-0.2, -0.15) is 0 Å². The van der Waals surface area contributed by atoms with Crippen LogP contribution in [0.25, 0.3) is 10.6 Å². The van der Waals surface area contributed by atoms with Gasteiger partial charge in [-0.3, -0.25) is 9.78 Å². The van der Waals surface area contributed by atoms with E-state index in [0.717, 1.165) is 16.1 Å². The second-order valence-corrected chi connectivity index (χ2v) is 5.65. The van der Waals surface area contributed by atoms with Crippen molar-refractivity contribution in [2.45, 2.75) is 6.42 Å². The highest BCUT2D eigenvalue weighted by Gasteiger charge is 2.08. The molecular formula is C16H12FN3OS. The van der Waals surface area contributed by atoms with E-state index in [0.29, 0.717) is 5.00 Å². The molecule has 3 rings (SSSR count). The van der Waals surface area contributed by atoms with Crippen LogP contribution in [0.3, 0.4) is 0 Å². The van der Waals surface area contributed by atoms with E-state index >= 15 is 0 Å². The Morgan fingerprint density at radius 3 is 2.59 bits per heavy atom. The number of hydrogen-bond donors (Lipinski definition) is 1. The molecule has 0 aliphatic heterocycles. The van der Waals surface area contributed by atoms with Crippen LogP contribution in [0.1, 0.15) is 5.56 Å². The minimum Gasteiger partial charge on any atom is -0.316 e. The summed E-state index contributed by atoms with van der Waals surface area (Å²) in [5.41, 5.74) is 1.72. The van der Waals surface area contributed by atoms with E-state index in [1.165, 1.54) is 23.5 Å². The van der Waals surface area contributed by atoms with Gasteiger partial charge >= 0.3 is 0 Å². The monoisotopic (exact) mass is 313 g/mol. The molecule has 0 aliphatic rings. The van der Waals surface area contributed by atoms with E-state index in [-0.39, 0.29) is 18.1 Å². The van der Waals surface area contributed by atoms with E-state index in [9.17, 15) is 9.18 Å². The van der Waals surface area contributed by atoms with Gasteiger partial charge in [0.25, 0.3) is 0 Å². The predicted octanol–water partition coefficient (Wildman–Crippen LogP) is 3.53. The number of carbonyl (C=O) groups is 1. The lowest BCUT2D eigenvalue weighted by atomic mass is 10.1. The lowest BCUT2D eigenvalue weighted by Gasteiger charge is -2.02. The van der Waals surface area contributed by atoms with Gasteiger partial charge in [-0.25, -0.2) is 9.37 Å². The molecule has 1 amide bonds. The Hall–Kier alpha value is -2.60. The van der Waals surface area contributed by atoms with Crippen molar-refractivity contribution < 1.29 is 9.18 Å². The van der Waals surface area contributed by atoms with Crippen LogP contribution in [-0.2, 0) is 11.2 Å². The van der Waals surface area contributed by atoms with Crippen molar-refractivity contribution in [1.29, 1.82) is 0 Å². The van der Waals surface area contributed by atoms with E-state index in [1.54, 1.807) is 30.7 Å². The maximum absolute atomic E-state index is 12.8. The minimum absolute atomic E-state index is 0.156. The second-order valence-electron chi connectivity index (χ2n) is 4.62. The molecule has 0 atom stereocenters. The first-order chi connectivity index (χ1) is 10.7. The fourth-order valence-electron chi connectivity index (χ4n) is 1.93. The van der Waals surface area contributed by atoms with Crippen LogP contribution in [0.15, 0.2) is 55.0 Å². The summed E-state index contributed by atoms with van der Waals surface area (Å²) in [6.45, 7) is 0. The van der Waals surface area contributed by atoms with Gasteiger partial charge in [0, 0.05) is 18.0 Å². The summed E-state index contributed by atoms with van der Waals surface area (Å²) < 4.78 is 12.8. The number of carbonyl (C=O) groups excluding carboxylic acids is 1. The van der Waals surface area contributed by atoms with Gasteiger partial charge in [0.1, 0.15) is 15.8 Å². The quantitative estimate of drug-likeness (QED) is 0.801. The Balaban J connectivity index is 1.65. The highest BCUT2D eigenvalue weighted by molar-refractivity contribution is 7.19. The molecule has 2 heterocycles. The molecule has 0 radical (unpaired) electrons. The van der Waals surface area contributed by atoms with Crippen LogP contribution in [0, 0.1) is 5.82 Å². The maximum atomic E-state index is 12.8.